The van der Waals surface area contributed by atoms with Gasteiger partial charge in [0.1, 0.15) is 30.7 Å². The third-order valence-corrected chi connectivity index (χ3v) is 8.09. The van der Waals surface area contributed by atoms with Gasteiger partial charge in [-0.05, 0) is 50.9 Å². The Morgan fingerprint density at radius 3 is 2.04 bits per heavy atom. The van der Waals surface area contributed by atoms with Crippen LogP contribution in [0.5, 0.6) is 0 Å². The molecule has 2 aliphatic heterocycles. The Morgan fingerprint density at radius 1 is 0.800 bits per heavy atom. The van der Waals surface area contributed by atoms with Crippen molar-refractivity contribution in [3.63, 3.8) is 0 Å². The minimum atomic E-state index is -1.22. The number of nitrogens with one attached hydrogen (secondary N) is 5. The fourth-order valence-electron chi connectivity index (χ4n) is 5.74. The van der Waals surface area contributed by atoms with Gasteiger partial charge in [-0.25, -0.2) is 0 Å². The largest absolute Gasteiger partial charge is 0.480 e. The predicted octanol–water partition coefficient (Wildman–Crippen LogP) is -4.57. The molecule has 0 radical (unpaired) electrons. The molecule has 7 amide bonds. The lowest BCUT2D eigenvalue weighted by atomic mass is 10.0. The molecule has 0 saturated carbocycles. The van der Waals surface area contributed by atoms with E-state index in [1.54, 1.807) is 0 Å². The third kappa shape index (κ3) is 13.5. The second-order valence-corrected chi connectivity index (χ2v) is 12.5. The van der Waals surface area contributed by atoms with Gasteiger partial charge in [-0.1, -0.05) is 13.8 Å². The average Bonchev–Trinajstić information content (AvgIpc) is 3.76. The molecule has 2 fully saturated rings. The first kappa shape index (κ1) is 41.2. The number of rotatable bonds is 19. The fraction of sp³-hybridized carbons (Fsp3) is 0.700. The number of aliphatic carboxylic acids is 1. The van der Waals surface area contributed by atoms with E-state index < -0.39 is 84.6 Å². The van der Waals surface area contributed by atoms with E-state index in [-0.39, 0.29) is 63.9 Å². The van der Waals surface area contributed by atoms with Gasteiger partial charge < -0.3 is 58.7 Å². The molecule has 0 aromatic rings. The molecule has 280 valence electrons. The van der Waals surface area contributed by atoms with E-state index in [1.165, 1.54) is 9.80 Å². The minimum absolute atomic E-state index is 0.0375. The van der Waals surface area contributed by atoms with Crippen LogP contribution in [0.25, 0.3) is 0 Å². The first-order valence-electron chi connectivity index (χ1n) is 16.6. The SMILES string of the molecule is CC(C)C[C@H](NC(=O)CNC(=O)[C@H](CCCN=C(N)N)NC(=O)[C@@H]1CCCN1C(=O)CNC(=O)CN)C(=O)N1CCC[C@H]1C(=O)NCC(=O)O. The number of amides is 7. The quantitative estimate of drug-likeness (QED) is 0.0348. The van der Waals surface area contributed by atoms with Crippen LogP contribution in [-0.4, -0.2) is 138 Å². The number of nitrogens with zero attached hydrogens (tertiary/aromatic N) is 3. The summed E-state index contributed by atoms with van der Waals surface area (Å²) < 4.78 is 0. The van der Waals surface area contributed by atoms with Crippen LogP contribution in [-0.2, 0) is 38.4 Å². The molecular formula is C30H51N11O9. The maximum Gasteiger partial charge on any atom is 0.322 e. The Kier molecular flexibility index (Phi) is 16.9. The van der Waals surface area contributed by atoms with Gasteiger partial charge >= 0.3 is 5.97 Å². The molecule has 0 unspecified atom stereocenters. The van der Waals surface area contributed by atoms with E-state index in [0.29, 0.717) is 25.7 Å². The van der Waals surface area contributed by atoms with E-state index in [9.17, 15) is 38.4 Å². The maximum absolute atomic E-state index is 13.5. The number of carboxylic acids is 1. The molecule has 0 spiro atoms. The highest BCUT2D eigenvalue weighted by atomic mass is 16.4. The van der Waals surface area contributed by atoms with Crippen LogP contribution in [0.2, 0.25) is 0 Å². The van der Waals surface area contributed by atoms with Crippen LogP contribution >= 0.6 is 0 Å². The minimum Gasteiger partial charge on any atom is -0.480 e. The second kappa shape index (κ2) is 20.5. The van der Waals surface area contributed by atoms with Crippen molar-refractivity contribution in [1.29, 1.82) is 0 Å². The standard InChI is InChI=1S/C30H51N11O9/c1-17(2)12-19(29(50)41-11-5-7-20(41)27(48)37-16-25(45)46)38-23(43)14-36-26(47)18(6-3-9-34-30(32)33)39-28(49)21-8-4-10-40(21)24(44)15-35-22(42)13-31/h17-21H,3-16,31H2,1-2H3,(H,35,42)(H,36,47)(H,37,48)(H,38,43)(H,39,49)(H,45,46)(H4,32,33,34)/t18-,19-,20-,21-/m0/s1. The van der Waals surface area contributed by atoms with E-state index in [0.717, 1.165) is 0 Å². The molecule has 50 heavy (non-hydrogen) atoms. The van der Waals surface area contributed by atoms with Crippen LogP contribution in [0.3, 0.4) is 0 Å². The number of likely N-dealkylation sites (tertiary alicyclic amines) is 2. The Hall–Kier alpha value is -5.01. The summed E-state index contributed by atoms with van der Waals surface area (Å²) >= 11 is 0. The Labute approximate surface area is 290 Å². The summed E-state index contributed by atoms with van der Waals surface area (Å²) in [5.41, 5.74) is 16.0. The predicted molar refractivity (Wildman–Crippen MR) is 178 cm³/mol. The van der Waals surface area contributed by atoms with Crippen molar-refractivity contribution in [3.05, 3.63) is 0 Å². The highest BCUT2D eigenvalue weighted by Gasteiger charge is 2.38. The van der Waals surface area contributed by atoms with E-state index >= 15 is 0 Å². The number of hydrogen-bond acceptors (Lipinski definition) is 10. The van der Waals surface area contributed by atoms with E-state index in [1.807, 2.05) is 13.8 Å². The molecule has 2 heterocycles. The van der Waals surface area contributed by atoms with Crippen molar-refractivity contribution in [1.82, 2.24) is 36.4 Å². The topological polar surface area (TPSA) is 314 Å². The van der Waals surface area contributed by atoms with Gasteiger partial charge in [0.25, 0.3) is 0 Å². The third-order valence-electron chi connectivity index (χ3n) is 8.09. The molecule has 0 bridgehead atoms. The van der Waals surface area contributed by atoms with Crippen molar-refractivity contribution in [2.24, 2.45) is 28.1 Å². The number of guanidine groups is 1. The highest BCUT2D eigenvalue weighted by molar-refractivity contribution is 5.96. The van der Waals surface area contributed by atoms with E-state index in [4.69, 9.17) is 22.3 Å². The van der Waals surface area contributed by atoms with Crippen molar-refractivity contribution >= 4 is 53.3 Å². The summed E-state index contributed by atoms with van der Waals surface area (Å²) in [7, 11) is 0. The molecule has 2 rings (SSSR count). The van der Waals surface area contributed by atoms with Crippen molar-refractivity contribution in [2.75, 3.05) is 45.8 Å². The summed E-state index contributed by atoms with van der Waals surface area (Å²) in [5, 5.41) is 21.3. The van der Waals surface area contributed by atoms with Crippen LogP contribution in [0.1, 0.15) is 58.8 Å². The van der Waals surface area contributed by atoms with Crippen LogP contribution in [0.15, 0.2) is 4.99 Å². The number of carbonyl (C=O) groups excluding carboxylic acids is 7. The van der Waals surface area contributed by atoms with Gasteiger partial charge in [-0.3, -0.25) is 43.3 Å². The Morgan fingerprint density at radius 2 is 1.44 bits per heavy atom. The zero-order valence-electron chi connectivity index (χ0n) is 28.6. The van der Waals surface area contributed by atoms with Crippen molar-refractivity contribution in [2.45, 2.75) is 83.0 Å². The van der Waals surface area contributed by atoms with Gasteiger partial charge in [0, 0.05) is 19.6 Å². The van der Waals surface area contributed by atoms with Gasteiger partial charge in [-0.2, -0.15) is 0 Å². The molecule has 4 atom stereocenters. The average molecular weight is 710 g/mol. The smallest absolute Gasteiger partial charge is 0.322 e. The zero-order valence-corrected chi connectivity index (χ0v) is 28.6. The molecule has 2 aliphatic rings. The molecule has 0 aliphatic carbocycles. The first-order valence-corrected chi connectivity index (χ1v) is 16.6. The van der Waals surface area contributed by atoms with Crippen LogP contribution in [0.4, 0.5) is 0 Å². The summed E-state index contributed by atoms with van der Waals surface area (Å²) in [5.74, 6) is -5.52. The first-order chi connectivity index (χ1) is 23.6. The molecule has 20 nitrogen and oxygen atoms in total. The molecule has 12 N–H and O–H groups in total. The Bertz CT molecular complexity index is 1290. The normalized spacial score (nSPS) is 18.1. The summed E-state index contributed by atoms with van der Waals surface area (Å²) in [6.45, 7) is 2.60. The monoisotopic (exact) mass is 709 g/mol. The summed E-state index contributed by atoms with van der Waals surface area (Å²) in [6, 6.07) is -3.94. The number of carbonyl (C=O) groups is 8. The molecule has 0 aromatic heterocycles. The van der Waals surface area contributed by atoms with Crippen LogP contribution < -0.4 is 43.8 Å². The van der Waals surface area contributed by atoms with Gasteiger partial charge in [0.2, 0.25) is 41.4 Å². The second-order valence-electron chi connectivity index (χ2n) is 12.5. The van der Waals surface area contributed by atoms with E-state index in [2.05, 4.69) is 31.6 Å². The number of aliphatic imine (C=N–C) groups is 1. The Balaban J connectivity index is 2.08. The van der Waals surface area contributed by atoms with Crippen LogP contribution in [0, 0.1) is 5.92 Å². The number of hydrogen-bond donors (Lipinski definition) is 9. The molecule has 20 heteroatoms. The summed E-state index contributed by atoms with van der Waals surface area (Å²) in [6.07, 6.45) is 2.30. The van der Waals surface area contributed by atoms with Gasteiger partial charge in [0.15, 0.2) is 5.96 Å². The van der Waals surface area contributed by atoms with Gasteiger partial charge in [0.05, 0.1) is 19.6 Å². The number of carboxylic acid groups (broad SMARTS) is 1. The molecular weight excluding hydrogens is 658 g/mol. The van der Waals surface area contributed by atoms with Crippen molar-refractivity contribution in [3.8, 4) is 0 Å². The lowest BCUT2D eigenvalue weighted by Gasteiger charge is -2.29. The highest BCUT2D eigenvalue weighted by Crippen LogP contribution is 2.21. The lowest BCUT2D eigenvalue weighted by Crippen LogP contribution is -2.56. The molecule has 0 aromatic carbocycles. The maximum atomic E-state index is 13.5. The number of nitrogens with two attached hydrogens (primary N) is 3. The fourth-order valence-corrected chi connectivity index (χ4v) is 5.74. The lowest BCUT2D eigenvalue weighted by molar-refractivity contribution is -0.143. The van der Waals surface area contributed by atoms with Gasteiger partial charge in [-0.15, -0.1) is 0 Å². The van der Waals surface area contributed by atoms with Crippen molar-refractivity contribution < 1.29 is 43.5 Å². The zero-order chi connectivity index (χ0) is 37.4. The molecule has 2 saturated heterocycles. The summed E-state index contributed by atoms with van der Waals surface area (Å²) in [4.78, 5) is 107.